The van der Waals surface area contributed by atoms with E-state index in [0.29, 0.717) is 0 Å². The third-order valence-corrected chi connectivity index (χ3v) is 8.08. The molecular formula is C24H25N5OS2. The molecule has 2 N–H and O–H groups in total. The van der Waals surface area contributed by atoms with E-state index < -0.39 is 6.04 Å². The summed E-state index contributed by atoms with van der Waals surface area (Å²) in [5.74, 6) is 1.47. The van der Waals surface area contributed by atoms with E-state index in [1.807, 2.05) is 36.4 Å². The van der Waals surface area contributed by atoms with Crippen molar-refractivity contribution >= 4 is 44.6 Å². The fraction of sp³-hybridized carbons (Fsp3) is 0.292. The number of hydrogen-bond donors (Lipinski definition) is 1. The van der Waals surface area contributed by atoms with Crippen LogP contribution in [0.1, 0.15) is 22.0 Å². The van der Waals surface area contributed by atoms with Crippen LogP contribution in [0.2, 0.25) is 0 Å². The molecule has 164 valence electrons. The predicted octanol–water partition coefficient (Wildman–Crippen LogP) is 4.39. The minimum absolute atomic E-state index is 0.307. The normalized spacial score (nSPS) is 15.9. The van der Waals surface area contributed by atoms with Crippen molar-refractivity contribution in [2.75, 3.05) is 31.1 Å². The van der Waals surface area contributed by atoms with Gasteiger partial charge in [-0.2, -0.15) is 0 Å². The number of aryl methyl sites for hydroxylation is 2. The van der Waals surface area contributed by atoms with E-state index >= 15 is 0 Å². The van der Waals surface area contributed by atoms with E-state index in [1.54, 1.807) is 22.7 Å². The molecule has 32 heavy (non-hydrogen) atoms. The van der Waals surface area contributed by atoms with Crippen molar-refractivity contribution in [1.29, 1.82) is 0 Å². The molecule has 1 aromatic carbocycles. The highest BCUT2D eigenvalue weighted by atomic mass is 32.1. The minimum atomic E-state index is -0.407. The Hall–Kier alpha value is -2.81. The van der Waals surface area contributed by atoms with Crippen molar-refractivity contribution in [3.8, 4) is 10.7 Å². The molecule has 0 aliphatic carbocycles. The van der Waals surface area contributed by atoms with E-state index in [4.69, 9.17) is 15.7 Å². The highest BCUT2D eigenvalue weighted by Gasteiger charge is 2.30. The summed E-state index contributed by atoms with van der Waals surface area (Å²) in [6, 6.07) is 13.5. The van der Waals surface area contributed by atoms with Gasteiger partial charge in [0.25, 0.3) is 0 Å². The third kappa shape index (κ3) is 3.79. The van der Waals surface area contributed by atoms with E-state index in [-0.39, 0.29) is 5.91 Å². The van der Waals surface area contributed by atoms with E-state index in [1.165, 1.54) is 10.4 Å². The Bertz CT molecular complexity index is 1240. The van der Waals surface area contributed by atoms with Gasteiger partial charge in [0.1, 0.15) is 16.7 Å². The summed E-state index contributed by atoms with van der Waals surface area (Å²) in [6.07, 6.45) is 0. The van der Waals surface area contributed by atoms with Gasteiger partial charge >= 0.3 is 0 Å². The molecule has 0 saturated carbocycles. The molecule has 1 aliphatic rings. The predicted molar refractivity (Wildman–Crippen MR) is 132 cm³/mol. The van der Waals surface area contributed by atoms with Gasteiger partial charge in [-0.15, -0.1) is 22.7 Å². The number of amides is 1. The molecule has 0 bridgehead atoms. The summed E-state index contributed by atoms with van der Waals surface area (Å²) >= 11 is 3.39. The number of carbonyl (C=O) groups is 1. The Balaban J connectivity index is 1.46. The molecule has 1 amide bonds. The molecule has 0 spiro atoms. The Labute approximate surface area is 195 Å². The van der Waals surface area contributed by atoms with Crippen LogP contribution in [0.3, 0.4) is 0 Å². The Morgan fingerprint density at radius 3 is 2.44 bits per heavy atom. The number of fused-ring (bicyclic) bond motifs is 1. The maximum absolute atomic E-state index is 12.3. The largest absolute Gasteiger partial charge is 0.368 e. The maximum Gasteiger partial charge on any atom is 0.239 e. The standard InChI is InChI=1S/C24H25N5OS2/c1-15-16(2)32-24-19(15)23(26-22(27-24)18-9-6-14-31-18)29-12-10-28(11-13-29)20(21(25)30)17-7-4-3-5-8-17/h3-9,14,20H,10-13H2,1-2H3,(H2,25,30). The summed E-state index contributed by atoms with van der Waals surface area (Å²) in [7, 11) is 0. The van der Waals surface area contributed by atoms with Gasteiger partial charge in [0.15, 0.2) is 5.82 Å². The molecule has 1 atom stereocenters. The second-order valence-electron chi connectivity index (χ2n) is 8.05. The number of hydrogen-bond acceptors (Lipinski definition) is 7. The zero-order chi connectivity index (χ0) is 22.2. The second kappa shape index (κ2) is 8.61. The minimum Gasteiger partial charge on any atom is -0.368 e. The molecule has 0 radical (unpaired) electrons. The molecule has 6 nitrogen and oxygen atoms in total. The zero-order valence-electron chi connectivity index (χ0n) is 18.1. The van der Waals surface area contributed by atoms with Crippen LogP contribution in [-0.2, 0) is 4.79 Å². The first kappa shape index (κ1) is 21.1. The highest BCUT2D eigenvalue weighted by Crippen LogP contribution is 2.38. The van der Waals surface area contributed by atoms with Crippen LogP contribution in [0.25, 0.3) is 20.9 Å². The van der Waals surface area contributed by atoms with Crippen LogP contribution in [0.15, 0.2) is 47.8 Å². The van der Waals surface area contributed by atoms with Crippen LogP contribution in [0.4, 0.5) is 5.82 Å². The van der Waals surface area contributed by atoms with E-state index in [9.17, 15) is 4.79 Å². The molecule has 3 aromatic heterocycles. The maximum atomic E-state index is 12.3. The van der Waals surface area contributed by atoms with Gasteiger partial charge in [0.2, 0.25) is 5.91 Å². The number of nitrogens with two attached hydrogens (primary N) is 1. The van der Waals surface area contributed by atoms with Crippen molar-refractivity contribution in [3.63, 3.8) is 0 Å². The molecule has 4 heterocycles. The van der Waals surface area contributed by atoms with Crippen molar-refractivity contribution in [3.05, 3.63) is 63.8 Å². The van der Waals surface area contributed by atoms with Crippen molar-refractivity contribution in [1.82, 2.24) is 14.9 Å². The van der Waals surface area contributed by atoms with E-state index in [2.05, 4.69) is 35.1 Å². The summed E-state index contributed by atoms with van der Waals surface area (Å²) in [6.45, 7) is 7.34. The van der Waals surface area contributed by atoms with E-state index in [0.717, 1.165) is 58.5 Å². The molecule has 8 heteroatoms. The number of aromatic nitrogens is 2. The van der Waals surface area contributed by atoms with Gasteiger partial charge in [0, 0.05) is 31.1 Å². The quantitative estimate of drug-likeness (QED) is 0.475. The Morgan fingerprint density at radius 2 is 1.78 bits per heavy atom. The molecule has 1 unspecified atom stereocenters. The Morgan fingerprint density at radius 1 is 1.03 bits per heavy atom. The average Bonchev–Trinajstić information content (AvgIpc) is 3.43. The lowest BCUT2D eigenvalue weighted by Gasteiger charge is -2.39. The van der Waals surface area contributed by atoms with Gasteiger partial charge in [-0.3, -0.25) is 9.69 Å². The third-order valence-electron chi connectivity index (χ3n) is 6.11. The molecule has 1 saturated heterocycles. The van der Waals surface area contributed by atoms with Crippen molar-refractivity contribution in [2.24, 2.45) is 5.73 Å². The molecule has 1 aliphatic heterocycles. The zero-order valence-corrected chi connectivity index (χ0v) is 19.7. The second-order valence-corrected chi connectivity index (χ2v) is 10.2. The molecule has 1 fully saturated rings. The lowest BCUT2D eigenvalue weighted by atomic mass is 10.0. The van der Waals surface area contributed by atoms with Crippen molar-refractivity contribution < 1.29 is 4.79 Å². The van der Waals surface area contributed by atoms with Crippen LogP contribution < -0.4 is 10.6 Å². The van der Waals surface area contributed by atoms with Crippen molar-refractivity contribution in [2.45, 2.75) is 19.9 Å². The van der Waals surface area contributed by atoms with Gasteiger partial charge < -0.3 is 10.6 Å². The number of primary amides is 1. The molecular weight excluding hydrogens is 438 g/mol. The Kier molecular flexibility index (Phi) is 5.67. The monoisotopic (exact) mass is 463 g/mol. The first-order chi connectivity index (χ1) is 15.5. The molecule has 4 aromatic rings. The number of carbonyl (C=O) groups excluding carboxylic acids is 1. The van der Waals surface area contributed by atoms with Crippen LogP contribution in [-0.4, -0.2) is 47.0 Å². The van der Waals surface area contributed by atoms with Crippen LogP contribution in [0.5, 0.6) is 0 Å². The highest BCUT2D eigenvalue weighted by molar-refractivity contribution is 7.19. The lowest BCUT2D eigenvalue weighted by molar-refractivity contribution is -0.123. The summed E-state index contributed by atoms with van der Waals surface area (Å²) in [5, 5.41) is 3.20. The summed E-state index contributed by atoms with van der Waals surface area (Å²) in [5.41, 5.74) is 8.00. The van der Waals surface area contributed by atoms with Crippen LogP contribution in [0, 0.1) is 13.8 Å². The lowest BCUT2D eigenvalue weighted by Crippen LogP contribution is -2.50. The smallest absolute Gasteiger partial charge is 0.239 e. The number of thiophene rings is 2. The van der Waals surface area contributed by atoms with Gasteiger partial charge in [-0.05, 0) is 36.4 Å². The van der Waals surface area contributed by atoms with Crippen LogP contribution >= 0.6 is 22.7 Å². The number of benzene rings is 1. The average molecular weight is 464 g/mol. The fourth-order valence-corrected chi connectivity index (χ4v) is 6.04. The number of rotatable bonds is 5. The number of nitrogens with zero attached hydrogens (tertiary/aromatic N) is 4. The topological polar surface area (TPSA) is 75.3 Å². The first-order valence-electron chi connectivity index (χ1n) is 10.7. The summed E-state index contributed by atoms with van der Waals surface area (Å²) in [4.78, 5) is 30.1. The number of anilines is 1. The fourth-order valence-electron chi connectivity index (χ4n) is 4.36. The SMILES string of the molecule is Cc1sc2nc(-c3cccs3)nc(N3CCN(C(C(N)=O)c4ccccc4)CC3)c2c1C. The number of piperazine rings is 1. The summed E-state index contributed by atoms with van der Waals surface area (Å²) < 4.78 is 0. The first-order valence-corrected chi connectivity index (χ1v) is 12.4. The van der Waals surface area contributed by atoms with Gasteiger partial charge in [-0.25, -0.2) is 9.97 Å². The van der Waals surface area contributed by atoms with Gasteiger partial charge in [0.05, 0.1) is 10.3 Å². The van der Waals surface area contributed by atoms with Gasteiger partial charge in [-0.1, -0.05) is 36.4 Å². The molecule has 5 rings (SSSR count).